The van der Waals surface area contributed by atoms with Crippen LogP contribution in [-0.2, 0) is 4.74 Å². The van der Waals surface area contributed by atoms with Crippen LogP contribution in [0.3, 0.4) is 0 Å². The molecular weight excluding hydrogens is 231 g/mol. The van der Waals surface area contributed by atoms with Crippen molar-refractivity contribution in [1.82, 2.24) is 0 Å². The second kappa shape index (κ2) is 12.4. The predicted molar refractivity (Wildman–Crippen MR) is 49.2 cm³/mol. The van der Waals surface area contributed by atoms with E-state index in [4.69, 9.17) is 4.74 Å². The standard InChI is InChI=1S/C8H18O.Sn.2H/c1-3-5-7-9-8-6-4-2;;;/h3-8H2,1-2H3;;;. The molecule has 0 aromatic heterocycles. The maximum atomic E-state index is 5.31. The van der Waals surface area contributed by atoms with Crippen molar-refractivity contribution in [3.05, 3.63) is 0 Å². The van der Waals surface area contributed by atoms with Gasteiger partial charge in [0.25, 0.3) is 0 Å². The van der Waals surface area contributed by atoms with Crippen molar-refractivity contribution in [2.45, 2.75) is 39.5 Å². The predicted octanol–water partition coefficient (Wildman–Crippen LogP) is 1.69. The van der Waals surface area contributed by atoms with Crippen LogP contribution in [-0.4, -0.2) is 37.1 Å². The van der Waals surface area contributed by atoms with Gasteiger partial charge in [0.1, 0.15) is 0 Å². The van der Waals surface area contributed by atoms with E-state index in [1.807, 2.05) is 0 Å². The summed E-state index contributed by atoms with van der Waals surface area (Å²) in [5.41, 5.74) is 0. The number of unbranched alkanes of at least 4 members (excludes halogenated alkanes) is 2. The third-order valence-electron chi connectivity index (χ3n) is 1.28. The van der Waals surface area contributed by atoms with Crippen molar-refractivity contribution < 1.29 is 4.74 Å². The quantitative estimate of drug-likeness (QED) is 0.515. The number of hydrogen-bond acceptors (Lipinski definition) is 1. The number of ether oxygens (including phenoxy) is 1. The van der Waals surface area contributed by atoms with Gasteiger partial charge in [-0.25, -0.2) is 0 Å². The molecule has 2 heteroatoms. The second-order valence-corrected chi connectivity index (χ2v) is 2.32. The Morgan fingerprint density at radius 3 is 1.60 bits per heavy atom. The summed E-state index contributed by atoms with van der Waals surface area (Å²) in [7, 11) is 0. The molecule has 0 aromatic rings. The summed E-state index contributed by atoms with van der Waals surface area (Å²) in [6.07, 6.45) is 4.91. The van der Waals surface area contributed by atoms with E-state index in [1.165, 1.54) is 25.7 Å². The van der Waals surface area contributed by atoms with Gasteiger partial charge in [-0.15, -0.1) is 0 Å². The summed E-state index contributed by atoms with van der Waals surface area (Å²) in [6, 6.07) is 0. The summed E-state index contributed by atoms with van der Waals surface area (Å²) in [4.78, 5) is 0. The normalized spacial score (nSPS) is 9.00. The van der Waals surface area contributed by atoms with Crippen LogP contribution in [0.25, 0.3) is 0 Å². The molecule has 0 heterocycles. The van der Waals surface area contributed by atoms with Gasteiger partial charge in [0.15, 0.2) is 0 Å². The van der Waals surface area contributed by atoms with Crippen LogP contribution < -0.4 is 0 Å². The second-order valence-electron chi connectivity index (χ2n) is 2.32. The van der Waals surface area contributed by atoms with Crippen LogP contribution in [0, 0.1) is 0 Å². The van der Waals surface area contributed by atoms with Gasteiger partial charge in [-0.1, -0.05) is 26.7 Å². The molecule has 0 amide bonds. The van der Waals surface area contributed by atoms with Gasteiger partial charge >= 0.3 is 23.9 Å². The first kappa shape index (κ1) is 13.4. The average Bonchev–Trinajstić information content (AvgIpc) is 1.89. The van der Waals surface area contributed by atoms with Crippen molar-refractivity contribution in [1.29, 1.82) is 0 Å². The summed E-state index contributed by atoms with van der Waals surface area (Å²) in [6.45, 7) is 6.28. The molecule has 0 fully saturated rings. The van der Waals surface area contributed by atoms with Crippen LogP contribution in [0.1, 0.15) is 39.5 Å². The fourth-order valence-corrected chi connectivity index (χ4v) is 0.595. The molecular formula is C8H20OSn. The molecule has 0 saturated heterocycles. The third-order valence-corrected chi connectivity index (χ3v) is 1.28. The zero-order valence-electron chi connectivity index (χ0n) is 7.36. The molecule has 0 aromatic carbocycles. The monoisotopic (exact) mass is 252 g/mol. The Bertz CT molecular complexity index is 42.5. The average molecular weight is 251 g/mol. The molecule has 0 N–H and O–H groups in total. The molecule has 0 aliphatic carbocycles. The first-order chi connectivity index (χ1) is 4.41. The molecule has 10 heavy (non-hydrogen) atoms. The van der Waals surface area contributed by atoms with Gasteiger partial charge in [0.05, 0.1) is 0 Å². The molecule has 0 unspecified atom stereocenters. The van der Waals surface area contributed by atoms with Crippen molar-refractivity contribution in [2.75, 3.05) is 13.2 Å². The fraction of sp³-hybridized carbons (Fsp3) is 1.00. The van der Waals surface area contributed by atoms with Gasteiger partial charge in [0, 0.05) is 13.2 Å². The Morgan fingerprint density at radius 2 is 1.30 bits per heavy atom. The van der Waals surface area contributed by atoms with E-state index in [0.29, 0.717) is 0 Å². The third kappa shape index (κ3) is 11.5. The zero-order valence-corrected chi connectivity index (χ0v) is 11.4. The van der Waals surface area contributed by atoms with Gasteiger partial charge in [0.2, 0.25) is 0 Å². The molecule has 0 saturated carbocycles. The fourth-order valence-electron chi connectivity index (χ4n) is 0.595. The van der Waals surface area contributed by atoms with Gasteiger partial charge in [-0.2, -0.15) is 0 Å². The van der Waals surface area contributed by atoms with E-state index in [0.717, 1.165) is 13.2 Å². The minimum atomic E-state index is 0. The van der Waals surface area contributed by atoms with E-state index < -0.39 is 0 Å². The summed E-state index contributed by atoms with van der Waals surface area (Å²) in [5.74, 6) is 0. The molecule has 0 atom stereocenters. The summed E-state index contributed by atoms with van der Waals surface area (Å²) in [5, 5.41) is 0. The topological polar surface area (TPSA) is 9.23 Å². The van der Waals surface area contributed by atoms with Crippen LogP contribution >= 0.6 is 0 Å². The van der Waals surface area contributed by atoms with Crippen molar-refractivity contribution in [3.63, 3.8) is 0 Å². The van der Waals surface area contributed by atoms with Crippen LogP contribution in [0.15, 0.2) is 0 Å². The molecule has 0 aliphatic rings. The Morgan fingerprint density at radius 1 is 0.900 bits per heavy atom. The van der Waals surface area contributed by atoms with Gasteiger partial charge in [-0.05, 0) is 12.8 Å². The van der Waals surface area contributed by atoms with E-state index in [2.05, 4.69) is 13.8 Å². The van der Waals surface area contributed by atoms with Crippen molar-refractivity contribution in [2.24, 2.45) is 0 Å². The Kier molecular flexibility index (Phi) is 16.6. The van der Waals surface area contributed by atoms with Crippen LogP contribution in [0.2, 0.25) is 0 Å². The van der Waals surface area contributed by atoms with Crippen LogP contribution in [0.4, 0.5) is 0 Å². The maximum absolute atomic E-state index is 5.31. The first-order valence-corrected chi connectivity index (χ1v) is 3.99. The minimum absolute atomic E-state index is 0. The molecule has 0 bridgehead atoms. The van der Waals surface area contributed by atoms with E-state index in [9.17, 15) is 0 Å². The van der Waals surface area contributed by atoms with E-state index >= 15 is 0 Å². The SMILES string of the molecule is CCCCOCCCC.[SnH2]. The van der Waals surface area contributed by atoms with Crippen molar-refractivity contribution in [3.8, 4) is 0 Å². The van der Waals surface area contributed by atoms with Crippen molar-refractivity contribution >= 4 is 23.9 Å². The molecule has 62 valence electrons. The number of rotatable bonds is 6. The van der Waals surface area contributed by atoms with Gasteiger partial charge in [-0.3, -0.25) is 0 Å². The van der Waals surface area contributed by atoms with E-state index in [1.54, 1.807) is 0 Å². The Labute approximate surface area is 81.5 Å². The van der Waals surface area contributed by atoms with E-state index in [-0.39, 0.29) is 23.9 Å². The number of hydrogen-bond donors (Lipinski definition) is 0. The van der Waals surface area contributed by atoms with Gasteiger partial charge < -0.3 is 4.74 Å². The summed E-state index contributed by atoms with van der Waals surface area (Å²) < 4.78 is 5.31. The molecule has 0 aliphatic heterocycles. The molecule has 2 radical (unpaired) electrons. The Hall–Kier alpha value is 0.759. The summed E-state index contributed by atoms with van der Waals surface area (Å²) >= 11 is 0. The first-order valence-electron chi connectivity index (χ1n) is 3.99. The molecule has 0 spiro atoms. The zero-order chi connectivity index (χ0) is 6.95. The van der Waals surface area contributed by atoms with Crippen LogP contribution in [0.5, 0.6) is 0 Å². The molecule has 1 nitrogen and oxygen atoms in total. The molecule has 0 rings (SSSR count). The Balaban J connectivity index is 0.